The first-order valence-corrected chi connectivity index (χ1v) is 7.35. The van der Waals surface area contributed by atoms with Crippen LogP contribution in [0.1, 0.15) is 51.7 Å². The number of aliphatic hydroxyl groups excluding tert-OH is 1. The molecule has 0 saturated heterocycles. The van der Waals surface area contributed by atoms with E-state index in [2.05, 4.69) is 11.9 Å². The standard InChI is InChI=1S/C17H27NO2/c1-5-6-8-13-9-7-10-14(16(13)20)11-18-15(12-19)17(2,3)4/h7,9-11,15,19-20H,5-6,8,12H2,1-4H3. The third-order valence-electron chi connectivity index (χ3n) is 3.52. The summed E-state index contributed by atoms with van der Waals surface area (Å²) in [5.41, 5.74) is 1.59. The molecule has 3 heteroatoms. The van der Waals surface area contributed by atoms with Crippen molar-refractivity contribution in [3.05, 3.63) is 29.3 Å². The van der Waals surface area contributed by atoms with Gasteiger partial charge in [-0.05, 0) is 29.9 Å². The van der Waals surface area contributed by atoms with Crippen molar-refractivity contribution in [1.29, 1.82) is 0 Å². The zero-order chi connectivity index (χ0) is 15.2. The van der Waals surface area contributed by atoms with Gasteiger partial charge in [0.15, 0.2) is 0 Å². The maximum atomic E-state index is 10.3. The quantitative estimate of drug-likeness (QED) is 0.781. The van der Waals surface area contributed by atoms with Crippen LogP contribution < -0.4 is 0 Å². The Bertz CT molecular complexity index is 447. The topological polar surface area (TPSA) is 52.8 Å². The lowest BCUT2D eigenvalue weighted by Gasteiger charge is -2.25. The number of para-hydroxylation sites is 1. The summed E-state index contributed by atoms with van der Waals surface area (Å²) in [6.45, 7) is 8.28. The summed E-state index contributed by atoms with van der Waals surface area (Å²) < 4.78 is 0. The van der Waals surface area contributed by atoms with Gasteiger partial charge in [-0.25, -0.2) is 0 Å². The molecular weight excluding hydrogens is 250 g/mol. The second kappa shape index (κ2) is 7.44. The van der Waals surface area contributed by atoms with Crippen molar-refractivity contribution in [2.45, 2.75) is 53.0 Å². The van der Waals surface area contributed by atoms with Crippen LogP contribution in [0.4, 0.5) is 0 Å². The Labute approximate surface area is 122 Å². The fraction of sp³-hybridized carbons (Fsp3) is 0.588. The number of phenols is 1. The Balaban J connectivity index is 2.92. The number of aromatic hydroxyl groups is 1. The summed E-state index contributed by atoms with van der Waals surface area (Å²) in [5, 5.41) is 19.7. The van der Waals surface area contributed by atoms with Gasteiger partial charge in [-0.2, -0.15) is 0 Å². The second-order valence-corrected chi connectivity index (χ2v) is 6.30. The van der Waals surface area contributed by atoms with Gasteiger partial charge in [-0.3, -0.25) is 4.99 Å². The Morgan fingerprint density at radius 3 is 2.55 bits per heavy atom. The van der Waals surface area contributed by atoms with E-state index in [0.717, 1.165) is 30.4 Å². The molecule has 0 aliphatic carbocycles. The number of benzene rings is 1. The molecule has 1 aromatic rings. The number of nitrogens with zero attached hydrogens (tertiary/aromatic N) is 1. The first kappa shape index (κ1) is 16.7. The average molecular weight is 277 g/mol. The Kier molecular flexibility index (Phi) is 6.21. The molecule has 0 spiro atoms. The van der Waals surface area contributed by atoms with E-state index >= 15 is 0 Å². The predicted octanol–water partition coefficient (Wildman–Crippen LogP) is 3.56. The summed E-state index contributed by atoms with van der Waals surface area (Å²) in [6, 6.07) is 5.58. The smallest absolute Gasteiger partial charge is 0.127 e. The van der Waals surface area contributed by atoms with Crippen molar-refractivity contribution in [3.63, 3.8) is 0 Å². The van der Waals surface area contributed by atoms with Crippen LogP contribution in [0, 0.1) is 5.41 Å². The van der Waals surface area contributed by atoms with Gasteiger partial charge in [0.1, 0.15) is 5.75 Å². The van der Waals surface area contributed by atoms with Crippen molar-refractivity contribution in [2.75, 3.05) is 6.61 Å². The molecule has 0 fully saturated rings. The Hall–Kier alpha value is -1.35. The monoisotopic (exact) mass is 277 g/mol. The van der Waals surface area contributed by atoms with Crippen LogP contribution in [0.3, 0.4) is 0 Å². The van der Waals surface area contributed by atoms with E-state index < -0.39 is 0 Å². The molecule has 0 aliphatic heterocycles. The number of hydrogen-bond acceptors (Lipinski definition) is 3. The molecule has 0 radical (unpaired) electrons. The molecule has 20 heavy (non-hydrogen) atoms. The summed E-state index contributed by atoms with van der Waals surface area (Å²) in [5.74, 6) is 0.315. The maximum Gasteiger partial charge on any atom is 0.127 e. The lowest BCUT2D eigenvalue weighted by atomic mass is 9.88. The zero-order valence-electron chi connectivity index (χ0n) is 13.1. The van der Waals surface area contributed by atoms with Gasteiger partial charge in [-0.1, -0.05) is 46.2 Å². The summed E-state index contributed by atoms with van der Waals surface area (Å²) in [4.78, 5) is 4.43. The predicted molar refractivity (Wildman–Crippen MR) is 84.6 cm³/mol. The first-order chi connectivity index (χ1) is 9.40. The lowest BCUT2D eigenvalue weighted by Crippen LogP contribution is -2.28. The number of hydrogen-bond donors (Lipinski definition) is 2. The number of aliphatic imine (C=N–C) groups is 1. The van der Waals surface area contributed by atoms with Crippen molar-refractivity contribution in [2.24, 2.45) is 10.4 Å². The Morgan fingerprint density at radius 2 is 2.00 bits per heavy atom. The molecular formula is C17H27NO2. The molecule has 0 bridgehead atoms. The van der Waals surface area contributed by atoms with Gasteiger partial charge >= 0.3 is 0 Å². The minimum Gasteiger partial charge on any atom is -0.507 e. The molecule has 2 N–H and O–H groups in total. The minimum atomic E-state index is -0.166. The highest BCUT2D eigenvalue weighted by Crippen LogP contribution is 2.25. The van der Waals surface area contributed by atoms with Crippen LogP contribution in [-0.4, -0.2) is 29.1 Å². The van der Waals surface area contributed by atoms with E-state index in [1.54, 1.807) is 6.21 Å². The summed E-state index contributed by atoms with van der Waals surface area (Å²) in [7, 11) is 0. The van der Waals surface area contributed by atoms with Gasteiger partial charge < -0.3 is 10.2 Å². The molecule has 1 rings (SSSR count). The maximum absolute atomic E-state index is 10.3. The number of aryl methyl sites for hydroxylation is 1. The molecule has 0 aromatic heterocycles. The van der Waals surface area contributed by atoms with Gasteiger partial charge in [0.2, 0.25) is 0 Å². The largest absolute Gasteiger partial charge is 0.507 e. The van der Waals surface area contributed by atoms with E-state index in [4.69, 9.17) is 0 Å². The zero-order valence-corrected chi connectivity index (χ0v) is 13.1. The summed E-state index contributed by atoms with van der Waals surface area (Å²) >= 11 is 0. The fourth-order valence-corrected chi connectivity index (χ4v) is 2.00. The molecule has 0 saturated carbocycles. The minimum absolute atomic E-state index is 0.0102. The number of rotatable bonds is 6. The van der Waals surface area contributed by atoms with Crippen molar-refractivity contribution in [3.8, 4) is 5.75 Å². The van der Waals surface area contributed by atoms with E-state index in [1.165, 1.54) is 0 Å². The van der Waals surface area contributed by atoms with Crippen LogP contribution in [0.15, 0.2) is 23.2 Å². The van der Waals surface area contributed by atoms with Gasteiger partial charge in [0, 0.05) is 11.8 Å². The highest BCUT2D eigenvalue weighted by Gasteiger charge is 2.22. The molecule has 1 atom stereocenters. The third kappa shape index (κ3) is 4.64. The highest BCUT2D eigenvalue weighted by atomic mass is 16.3. The second-order valence-electron chi connectivity index (χ2n) is 6.30. The van der Waals surface area contributed by atoms with E-state index in [-0.39, 0.29) is 18.1 Å². The highest BCUT2D eigenvalue weighted by molar-refractivity contribution is 5.84. The first-order valence-electron chi connectivity index (χ1n) is 7.35. The Morgan fingerprint density at radius 1 is 1.30 bits per heavy atom. The summed E-state index contributed by atoms with van der Waals surface area (Å²) in [6.07, 6.45) is 4.73. The normalized spacial score (nSPS) is 13.8. The van der Waals surface area contributed by atoms with Crippen LogP contribution in [0.5, 0.6) is 5.75 Å². The van der Waals surface area contributed by atoms with Gasteiger partial charge in [0.05, 0.1) is 12.6 Å². The van der Waals surface area contributed by atoms with Crippen molar-refractivity contribution >= 4 is 6.21 Å². The van der Waals surface area contributed by atoms with Crippen LogP contribution >= 0.6 is 0 Å². The SMILES string of the molecule is CCCCc1cccc(C=NC(CO)C(C)(C)C)c1O. The van der Waals surface area contributed by atoms with Gasteiger partial charge in [0.25, 0.3) is 0 Å². The molecule has 3 nitrogen and oxygen atoms in total. The molecule has 0 amide bonds. The van der Waals surface area contributed by atoms with Crippen molar-refractivity contribution in [1.82, 2.24) is 0 Å². The molecule has 1 unspecified atom stereocenters. The van der Waals surface area contributed by atoms with Gasteiger partial charge in [-0.15, -0.1) is 0 Å². The van der Waals surface area contributed by atoms with Crippen LogP contribution in [-0.2, 0) is 6.42 Å². The van der Waals surface area contributed by atoms with Crippen LogP contribution in [0.2, 0.25) is 0 Å². The van der Waals surface area contributed by atoms with Crippen molar-refractivity contribution < 1.29 is 10.2 Å². The van der Waals surface area contributed by atoms with Crippen LogP contribution in [0.25, 0.3) is 0 Å². The molecule has 0 heterocycles. The number of aliphatic hydroxyl groups is 1. The van der Waals surface area contributed by atoms with E-state index in [0.29, 0.717) is 5.75 Å². The van der Waals surface area contributed by atoms with E-state index in [9.17, 15) is 10.2 Å². The number of unbranched alkanes of at least 4 members (excludes halogenated alkanes) is 1. The number of phenolic OH excluding ortho intramolecular Hbond substituents is 1. The molecule has 1 aromatic carbocycles. The third-order valence-corrected chi connectivity index (χ3v) is 3.52. The molecule has 0 aliphatic rings. The average Bonchev–Trinajstić information content (AvgIpc) is 2.38. The molecule has 112 valence electrons. The van der Waals surface area contributed by atoms with E-state index in [1.807, 2.05) is 39.0 Å². The fourth-order valence-electron chi connectivity index (χ4n) is 2.00. The lowest BCUT2D eigenvalue weighted by molar-refractivity contribution is 0.191.